The molecule has 1 rings (SSSR count). The van der Waals surface area contributed by atoms with Crippen molar-refractivity contribution >= 4 is 16.5 Å². The highest BCUT2D eigenvalue weighted by molar-refractivity contribution is 7.13. The van der Waals surface area contributed by atoms with E-state index in [2.05, 4.69) is 22.6 Å². The van der Waals surface area contributed by atoms with Crippen molar-refractivity contribution in [2.45, 2.75) is 26.4 Å². The number of hydrogen-bond acceptors (Lipinski definition) is 5. The summed E-state index contributed by atoms with van der Waals surface area (Å²) in [5.74, 6) is 0. The second kappa shape index (κ2) is 6.83. The molecule has 0 saturated heterocycles. The maximum Gasteiger partial charge on any atom is 0.185 e. The number of nitrogens with one attached hydrogen (secondary N) is 1. The molecule has 1 atom stereocenters. The lowest BCUT2D eigenvalue weighted by molar-refractivity contribution is 0.127. The zero-order chi connectivity index (χ0) is 12.0. The Morgan fingerprint density at radius 1 is 1.56 bits per heavy atom. The van der Waals surface area contributed by atoms with Gasteiger partial charge in [0.15, 0.2) is 5.13 Å². The van der Waals surface area contributed by atoms with E-state index in [1.807, 2.05) is 25.9 Å². The molecule has 0 fully saturated rings. The van der Waals surface area contributed by atoms with Gasteiger partial charge in [0.2, 0.25) is 0 Å². The van der Waals surface area contributed by atoms with Gasteiger partial charge in [0.05, 0.1) is 12.3 Å². The van der Waals surface area contributed by atoms with Crippen molar-refractivity contribution < 1.29 is 4.74 Å². The van der Waals surface area contributed by atoms with Crippen LogP contribution in [0.3, 0.4) is 0 Å². The van der Waals surface area contributed by atoms with E-state index in [0.29, 0.717) is 6.04 Å². The third kappa shape index (κ3) is 4.47. The fourth-order valence-corrected chi connectivity index (χ4v) is 1.97. The summed E-state index contributed by atoms with van der Waals surface area (Å²) in [6, 6.07) is 0.365. The molecule has 92 valence electrons. The highest BCUT2D eigenvalue weighted by Crippen LogP contribution is 2.17. The largest absolute Gasteiger partial charge is 0.380 e. The summed E-state index contributed by atoms with van der Waals surface area (Å²) in [7, 11) is 4.02. The van der Waals surface area contributed by atoms with Crippen LogP contribution in [0.4, 0.5) is 5.13 Å². The van der Waals surface area contributed by atoms with E-state index < -0.39 is 0 Å². The third-order valence-corrected chi connectivity index (χ3v) is 3.18. The molecular weight excluding hydrogens is 222 g/mol. The number of aromatic nitrogens is 1. The average Bonchev–Trinajstić information content (AvgIpc) is 2.72. The summed E-state index contributed by atoms with van der Waals surface area (Å²) in [6.07, 6.45) is 0. The van der Waals surface area contributed by atoms with Crippen LogP contribution in [0.15, 0.2) is 5.38 Å². The van der Waals surface area contributed by atoms with E-state index in [-0.39, 0.29) is 0 Å². The summed E-state index contributed by atoms with van der Waals surface area (Å²) in [5, 5.41) is 6.53. The van der Waals surface area contributed by atoms with Gasteiger partial charge in [0.1, 0.15) is 0 Å². The predicted octanol–water partition coefficient (Wildman–Crippen LogP) is 1.72. The van der Waals surface area contributed by atoms with Crippen LogP contribution < -0.4 is 10.2 Å². The number of ether oxygens (including phenoxy) is 1. The molecule has 0 amide bonds. The van der Waals surface area contributed by atoms with Crippen LogP contribution in [-0.4, -0.2) is 38.3 Å². The Morgan fingerprint density at radius 3 is 2.88 bits per heavy atom. The lowest BCUT2D eigenvalue weighted by Crippen LogP contribution is -2.30. The zero-order valence-electron chi connectivity index (χ0n) is 10.5. The van der Waals surface area contributed by atoms with Gasteiger partial charge in [-0.15, -0.1) is 11.3 Å². The van der Waals surface area contributed by atoms with Crippen LogP contribution in [-0.2, 0) is 11.3 Å². The SMILES string of the molecule is CCOCC(C)NCc1csc(N(C)C)n1. The molecular formula is C11H21N3OS. The first kappa shape index (κ1) is 13.4. The topological polar surface area (TPSA) is 37.4 Å². The summed E-state index contributed by atoms with van der Waals surface area (Å²) in [5.41, 5.74) is 1.09. The Bertz CT molecular complexity index is 301. The molecule has 16 heavy (non-hydrogen) atoms. The first-order valence-corrected chi connectivity index (χ1v) is 6.44. The van der Waals surface area contributed by atoms with Crippen LogP contribution in [0.25, 0.3) is 0 Å². The van der Waals surface area contributed by atoms with Gasteiger partial charge in [0, 0.05) is 38.7 Å². The Labute approximate surface area is 102 Å². The van der Waals surface area contributed by atoms with Crippen molar-refractivity contribution in [3.63, 3.8) is 0 Å². The number of hydrogen-bond donors (Lipinski definition) is 1. The Kier molecular flexibility index (Phi) is 5.73. The molecule has 0 saturated carbocycles. The summed E-state index contributed by atoms with van der Waals surface area (Å²) < 4.78 is 5.34. The molecule has 0 aliphatic carbocycles. The summed E-state index contributed by atoms with van der Waals surface area (Å²) in [6.45, 7) is 6.46. The molecule has 0 aliphatic rings. The molecule has 0 radical (unpaired) electrons. The lowest BCUT2D eigenvalue weighted by Gasteiger charge is -2.12. The first-order chi connectivity index (χ1) is 7.63. The molecule has 0 spiro atoms. The number of anilines is 1. The maximum atomic E-state index is 5.34. The Balaban J connectivity index is 2.31. The smallest absolute Gasteiger partial charge is 0.185 e. The van der Waals surface area contributed by atoms with Gasteiger partial charge in [0.25, 0.3) is 0 Å². The van der Waals surface area contributed by atoms with Crippen LogP contribution in [0.5, 0.6) is 0 Å². The van der Waals surface area contributed by atoms with Gasteiger partial charge < -0.3 is 15.0 Å². The van der Waals surface area contributed by atoms with Crippen molar-refractivity contribution in [3.8, 4) is 0 Å². The third-order valence-electron chi connectivity index (χ3n) is 2.13. The standard InChI is InChI=1S/C11H21N3OS/c1-5-15-7-9(2)12-6-10-8-16-11(13-10)14(3)4/h8-9,12H,5-7H2,1-4H3. The summed E-state index contributed by atoms with van der Waals surface area (Å²) >= 11 is 1.67. The predicted molar refractivity (Wildman–Crippen MR) is 69.2 cm³/mol. The van der Waals surface area contributed by atoms with Crippen molar-refractivity contribution in [2.24, 2.45) is 0 Å². The Morgan fingerprint density at radius 2 is 2.31 bits per heavy atom. The van der Waals surface area contributed by atoms with Gasteiger partial charge in [-0.1, -0.05) is 0 Å². The van der Waals surface area contributed by atoms with Crippen molar-refractivity contribution in [1.29, 1.82) is 0 Å². The number of nitrogens with zero attached hydrogens (tertiary/aromatic N) is 2. The quantitative estimate of drug-likeness (QED) is 0.791. The zero-order valence-corrected chi connectivity index (χ0v) is 11.3. The van der Waals surface area contributed by atoms with E-state index in [0.717, 1.165) is 30.6 Å². The minimum absolute atomic E-state index is 0.365. The van der Waals surface area contributed by atoms with E-state index in [4.69, 9.17) is 4.74 Å². The summed E-state index contributed by atoms with van der Waals surface area (Å²) in [4.78, 5) is 6.53. The van der Waals surface area contributed by atoms with Gasteiger partial charge in [-0.2, -0.15) is 0 Å². The molecule has 5 heteroatoms. The van der Waals surface area contributed by atoms with Gasteiger partial charge in [-0.05, 0) is 13.8 Å². The van der Waals surface area contributed by atoms with E-state index >= 15 is 0 Å². The Hall–Kier alpha value is -0.650. The van der Waals surface area contributed by atoms with E-state index in [9.17, 15) is 0 Å². The highest BCUT2D eigenvalue weighted by atomic mass is 32.1. The maximum absolute atomic E-state index is 5.34. The minimum Gasteiger partial charge on any atom is -0.380 e. The fourth-order valence-electron chi connectivity index (χ4n) is 1.22. The lowest BCUT2D eigenvalue weighted by atomic mass is 10.3. The minimum atomic E-state index is 0.365. The van der Waals surface area contributed by atoms with Crippen LogP contribution >= 0.6 is 11.3 Å². The second-order valence-electron chi connectivity index (χ2n) is 3.96. The van der Waals surface area contributed by atoms with Crippen molar-refractivity contribution in [1.82, 2.24) is 10.3 Å². The van der Waals surface area contributed by atoms with Crippen molar-refractivity contribution in [2.75, 3.05) is 32.2 Å². The molecule has 4 nitrogen and oxygen atoms in total. The number of rotatable bonds is 7. The van der Waals surface area contributed by atoms with Gasteiger partial charge >= 0.3 is 0 Å². The monoisotopic (exact) mass is 243 g/mol. The number of thiazole rings is 1. The average molecular weight is 243 g/mol. The second-order valence-corrected chi connectivity index (χ2v) is 4.79. The molecule has 1 unspecified atom stereocenters. The molecule has 1 aromatic rings. The van der Waals surface area contributed by atoms with Crippen molar-refractivity contribution in [3.05, 3.63) is 11.1 Å². The fraction of sp³-hybridized carbons (Fsp3) is 0.727. The van der Waals surface area contributed by atoms with E-state index in [1.54, 1.807) is 11.3 Å². The molecule has 1 aromatic heterocycles. The first-order valence-electron chi connectivity index (χ1n) is 5.56. The molecule has 0 aliphatic heterocycles. The molecule has 1 N–H and O–H groups in total. The molecule has 1 heterocycles. The van der Waals surface area contributed by atoms with Crippen LogP contribution in [0.1, 0.15) is 19.5 Å². The highest BCUT2D eigenvalue weighted by Gasteiger charge is 2.05. The molecule has 0 aromatic carbocycles. The van der Waals surface area contributed by atoms with E-state index in [1.165, 1.54) is 0 Å². The molecule has 0 bridgehead atoms. The van der Waals surface area contributed by atoms with Crippen LogP contribution in [0.2, 0.25) is 0 Å². The normalized spacial score (nSPS) is 12.8. The van der Waals surface area contributed by atoms with Gasteiger partial charge in [-0.25, -0.2) is 4.98 Å². The van der Waals surface area contributed by atoms with Crippen LogP contribution in [0, 0.1) is 0 Å². The van der Waals surface area contributed by atoms with Gasteiger partial charge in [-0.3, -0.25) is 0 Å².